The van der Waals surface area contributed by atoms with Gasteiger partial charge in [-0.25, -0.2) is 9.18 Å². The first-order valence-electron chi connectivity index (χ1n) is 6.50. The Labute approximate surface area is 137 Å². The highest BCUT2D eigenvalue weighted by molar-refractivity contribution is 7.87. The van der Waals surface area contributed by atoms with Crippen molar-refractivity contribution in [3.05, 3.63) is 58.9 Å². The molecule has 5 nitrogen and oxygen atoms in total. The third-order valence-electron chi connectivity index (χ3n) is 2.73. The largest absolute Gasteiger partial charge is 0.462 e. The Kier molecular flexibility index (Phi) is 5.23. The third-order valence-corrected chi connectivity index (χ3v) is 4.25. The Hall–Kier alpha value is -2.12. The molecule has 0 unspecified atom stereocenters. The molecule has 23 heavy (non-hydrogen) atoms. The van der Waals surface area contributed by atoms with Gasteiger partial charge in [0.05, 0.1) is 17.2 Å². The van der Waals surface area contributed by atoms with E-state index in [-0.39, 0.29) is 27.8 Å². The van der Waals surface area contributed by atoms with E-state index in [0.29, 0.717) is 0 Å². The van der Waals surface area contributed by atoms with E-state index in [2.05, 4.69) is 0 Å². The maximum Gasteiger partial charge on any atom is 0.339 e. The lowest BCUT2D eigenvalue weighted by atomic mass is 10.2. The number of rotatable bonds is 5. The quantitative estimate of drug-likeness (QED) is 0.605. The first kappa shape index (κ1) is 17.2. The molecule has 0 saturated carbocycles. The molecule has 0 amide bonds. The predicted octanol–water partition coefficient (Wildman–Crippen LogP) is 3.42. The number of hydrogen-bond acceptors (Lipinski definition) is 5. The second-order valence-electron chi connectivity index (χ2n) is 4.36. The summed E-state index contributed by atoms with van der Waals surface area (Å²) in [5, 5.41) is -0.185. The zero-order chi connectivity index (χ0) is 17.0. The van der Waals surface area contributed by atoms with Gasteiger partial charge < -0.3 is 8.92 Å². The molecule has 0 aromatic heterocycles. The summed E-state index contributed by atoms with van der Waals surface area (Å²) < 4.78 is 47.2. The highest BCUT2D eigenvalue weighted by Gasteiger charge is 2.20. The minimum absolute atomic E-state index is 0.0710. The van der Waals surface area contributed by atoms with Gasteiger partial charge in [0.15, 0.2) is 5.75 Å². The number of benzene rings is 2. The van der Waals surface area contributed by atoms with Crippen molar-refractivity contribution in [3.63, 3.8) is 0 Å². The van der Waals surface area contributed by atoms with E-state index < -0.39 is 21.9 Å². The molecule has 0 fully saturated rings. The summed E-state index contributed by atoms with van der Waals surface area (Å²) in [5.41, 5.74) is 0.0710. The van der Waals surface area contributed by atoms with Gasteiger partial charge in [-0.1, -0.05) is 17.7 Å². The first-order chi connectivity index (χ1) is 10.8. The first-order valence-corrected chi connectivity index (χ1v) is 8.29. The van der Waals surface area contributed by atoms with Crippen molar-refractivity contribution in [1.82, 2.24) is 0 Å². The van der Waals surface area contributed by atoms with Gasteiger partial charge >= 0.3 is 16.1 Å². The molecule has 0 aliphatic heterocycles. The topological polar surface area (TPSA) is 69.7 Å². The van der Waals surface area contributed by atoms with Crippen LogP contribution in [0.15, 0.2) is 47.4 Å². The molecule has 122 valence electrons. The van der Waals surface area contributed by atoms with Crippen LogP contribution in [0.1, 0.15) is 17.3 Å². The summed E-state index contributed by atoms with van der Waals surface area (Å²) >= 11 is 5.74. The van der Waals surface area contributed by atoms with Crippen molar-refractivity contribution in [3.8, 4) is 5.75 Å². The van der Waals surface area contributed by atoms with Crippen LogP contribution in [0.4, 0.5) is 4.39 Å². The average molecular weight is 359 g/mol. The number of carbonyl (C=O) groups is 1. The van der Waals surface area contributed by atoms with Crippen molar-refractivity contribution < 1.29 is 26.5 Å². The Balaban J connectivity index is 2.32. The van der Waals surface area contributed by atoms with Gasteiger partial charge in [-0.3, -0.25) is 0 Å². The van der Waals surface area contributed by atoms with Crippen molar-refractivity contribution in [2.45, 2.75) is 11.8 Å². The van der Waals surface area contributed by atoms with E-state index in [1.165, 1.54) is 18.2 Å². The highest BCUT2D eigenvalue weighted by atomic mass is 35.5. The van der Waals surface area contributed by atoms with E-state index in [4.69, 9.17) is 20.5 Å². The second kappa shape index (κ2) is 6.97. The van der Waals surface area contributed by atoms with Crippen LogP contribution in [0.25, 0.3) is 0 Å². The van der Waals surface area contributed by atoms with Gasteiger partial charge in [0.25, 0.3) is 0 Å². The average Bonchev–Trinajstić information content (AvgIpc) is 2.50. The van der Waals surface area contributed by atoms with E-state index in [1.54, 1.807) is 6.92 Å². The van der Waals surface area contributed by atoms with Crippen LogP contribution >= 0.6 is 11.6 Å². The predicted molar refractivity (Wildman–Crippen MR) is 81.6 cm³/mol. The Morgan fingerprint density at radius 3 is 2.61 bits per heavy atom. The zero-order valence-electron chi connectivity index (χ0n) is 12.0. The summed E-state index contributed by atoms with van der Waals surface area (Å²) in [6, 6.07) is 8.24. The van der Waals surface area contributed by atoms with Crippen LogP contribution in [-0.2, 0) is 14.9 Å². The fourth-order valence-corrected chi connectivity index (χ4v) is 2.95. The van der Waals surface area contributed by atoms with Crippen LogP contribution in [0.3, 0.4) is 0 Å². The van der Waals surface area contributed by atoms with Crippen molar-refractivity contribution in [2.75, 3.05) is 6.61 Å². The lowest BCUT2D eigenvalue weighted by Crippen LogP contribution is -2.12. The van der Waals surface area contributed by atoms with Crippen LogP contribution in [0.2, 0.25) is 5.02 Å². The van der Waals surface area contributed by atoms with Gasteiger partial charge in [-0.05, 0) is 43.3 Å². The van der Waals surface area contributed by atoms with Crippen molar-refractivity contribution in [2.24, 2.45) is 0 Å². The number of carbonyl (C=O) groups excluding carboxylic acids is 1. The number of hydrogen-bond donors (Lipinski definition) is 0. The summed E-state index contributed by atoms with van der Waals surface area (Å²) in [5.74, 6) is -1.48. The van der Waals surface area contributed by atoms with Gasteiger partial charge in [-0.2, -0.15) is 8.42 Å². The van der Waals surface area contributed by atoms with Gasteiger partial charge in [-0.15, -0.1) is 0 Å². The smallest absolute Gasteiger partial charge is 0.339 e. The maximum absolute atomic E-state index is 13.0. The van der Waals surface area contributed by atoms with Crippen molar-refractivity contribution in [1.29, 1.82) is 0 Å². The Morgan fingerprint density at radius 2 is 1.96 bits per heavy atom. The summed E-state index contributed by atoms with van der Waals surface area (Å²) in [4.78, 5) is 11.4. The molecule has 0 saturated heterocycles. The molecule has 0 atom stereocenters. The molecule has 2 aromatic rings. The van der Waals surface area contributed by atoms with Crippen LogP contribution in [-0.4, -0.2) is 21.0 Å². The number of ether oxygens (including phenoxy) is 1. The third kappa shape index (κ3) is 4.20. The standard InChI is InChI=1S/C15H12ClFO5S/c1-2-21-15(18)10-4-3-5-12(8-10)23(19,20)22-14-7-6-11(17)9-13(14)16/h3-9H,2H2,1H3. The molecule has 2 rings (SSSR count). The number of esters is 1. The second-order valence-corrected chi connectivity index (χ2v) is 6.31. The fourth-order valence-electron chi connectivity index (χ4n) is 1.70. The molecule has 8 heteroatoms. The van der Waals surface area contributed by atoms with E-state index in [1.807, 2.05) is 0 Å². The molecule has 0 aliphatic rings. The molecular formula is C15H12ClFO5S. The lowest BCUT2D eigenvalue weighted by Gasteiger charge is -2.09. The van der Waals surface area contributed by atoms with Gasteiger partial charge in [0.2, 0.25) is 0 Å². The normalized spacial score (nSPS) is 11.1. The summed E-state index contributed by atoms with van der Waals surface area (Å²) in [7, 11) is -4.23. The summed E-state index contributed by atoms with van der Waals surface area (Å²) in [6.45, 7) is 1.80. The number of halogens is 2. The highest BCUT2D eigenvalue weighted by Crippen LogP contribution is 2.28. The minimum Gasteiger partial charge on any atom is -0.462 e. The summed E-state index contributed by atoms with van der Waals surface area (Å²) in [6.07, 6.45) is 0. The SMILES string of the molecule is CCOC(=O)c1cccc(S(=O)(=O)Oc2ccc(F)cc2Cl)c1. The Bertz CT molecular complexity index is 836. The molecule has 0 bridgehead atoms. The van der Waals surface area contributed by atoms with Crippen LogP contribution in [0, 0.1) is 5.82 Å². The van der Waals surface area contributed by atoms with E-state index in [0.717, 1.165) is 24.3 Å². The molecule has 0 spiro atoms. The molecule has 0 N–H and O–H groups in total. The zero-order valence-corrected chi connectivity index (χ0v) is 13.5. The maximum atomic E-state index is 13.0. The monoisotopic (exact) mass is 358 g/mol. The van der Waals surface area contributed by atoms with Crippen molar-refractivity contribution >= 4 is 27.7 Å². The molecule has 0 aliphatic carbocycles. The molecular weight excluding hydrogens is 347 g/mol. The molecule has 0 radical (unpaired) electrons. The molecule has 2 aromatic carbocycles. The molecule has 0 heterocycles. The fraction of sp³-hybridized carbons (Fsp3) is 0.133. The minimum atomic E-state index is -4.23. The van der Waals surface area contributed by atoms with Gasteiger partial charge in [0.1, 0.15) is 10.7 Å². The van der Waals surface area contributed by atoms with Gasteiger partial charge in [0, 0.05) is 0 Å². The van der Waals surface area contributed by atoms with E-state index in [9.17, 15) is 17.6 Å². The van der Waals surface area contributed by atoms with Crippen LogP contribution in [0.5, 0.6) is 5.75 Å². The Morgan fingerprint density at radius 1 is 1.22 bits per heavy atom. The lowest BCUT2D eigenvalue weighted by molar-refractivity contribution is 0.0526. The van der Waals surface area contributed by atoms with E-state index >= 15 is 0 Å². The van der Waals surface area contributed by atoms with Crippen LogP contribution < -0.4 is 4.18 Å².